The normalized spacial score (nSPS) is 12.6. The summed E-state index contributed by atoms with van der Waals surface area (Å²) < 4.78 is 5.26. The van der Waals surface area contributed by atoms with Crippen molar-refractivity contribution in [1.82, 2.24) is 0 Å². The lowest BCUT2D eigenvalue weighted by Gasteiger charge is -2.17. The van der Waals surface area contributed by atoms with E-state index in [1.807, 2.05) is 20.8 Å². The number of halogens is 1. The maximum atomic E-state index is 11.8. The zero-order valence-corrected chi connectivity index (χ0v) is 10.4. The molecule has 0 aromatic heterocycles. The van der Waals surface area contributed by atoms with Crippen LogP contribution in [-0.4, -0.2) is 12.1 Å². The summed E-state index contributed by atoms with van der Waals surface area (Å²) in [5.41, 5.74) is 6.28. The molecule has 0 radical (unpaired) electrons. The van der Waals surface area contributed by atoms with E-state index >= 15 is 0 Å². The van der Waals surface area contributed by atoms with Gasteiger partial charge in [0.15, 0.2) is 0 Å². The van der Waals surface area contributed by atoms with Gasteiger partial charge < -0.3 is 10.5 Å². The van der Waals surface area contributed by atoms with Crippen molar-refractivity contribution in [2.45, 2.75) is 26.9 Å². The summed E-state index contributed by atoms with van der Waals surface area (Å²) in [5.74, 6) is -0.211. The maximum absolute atomic E-state index is 11.8. The lowest BCUT2D eigenvalue weighted by Crippen LogP contribution is -2.21. The van der Waals surface area contributed by atoms with Crippen LogP contribution in [0.1, 0.15) is 31.1 Å². The third-order valence-electron chi connectivity index (χ3n) is 2.48. The largest absolute Gasteiger partial charge is 0.459 e. The Balaban J connectivity index is 2.89. The highest BCUT2D eigenvalue weighted by atomic mass is 35.5. The molecule has 16 heavy (non-hydrogen) atoms. The van der Waals surface area contributed by atoms with Crippen molar-refractivity contribution in [2.24, 2.45) is 5.92 Å². The summed E-state index contributed by atoms with van der Waals surface area (Å²) in [7, 11) is 0. The third-order valence-corrected chi connectivity index (χ3v) is 2.80. The van der Waals surface area contributed by atoms with Gasteiger partial charge in [-0.15, -0.1) is 0 Å². The second-order valence-corrected chi connectivity index (χ2v) is 4.47. The Hall–Kier alpha value is -1.22. The summed E-state index contributed by atoms with van der Waals surface area (Å²) in [6.07, 6.45) is -0.164. The molecule has 0 aliphatic carbocycles. The molecule has 0 aliphatic rings. The molecule has 3 nitrogen and oxygen atoms in total. The molecular weight excluding hydrogens is 226 g/mol. The zero-order valence-electron chi connectivity index (χ0n) is 9.66. The van der Waals surface area contributed by atoms with E-state index in [9.17, 15) is 4.79 Å². The van der Waals surface area contributed by atoms with Gasteiger partial charge in [0.1, 0.15) is 11.7 Å². The third kappa shape index (κ3) is 2.89. The Morgan fingerprint density at radius 2 is 2.00 bits per heavy atom. The molecule has 0 aliphatic heterocycles. The Morgan fingerprint density at radius 1 is 1.38 bits per heavy atom. The standard InChI is InChI=1S/C12H16ClNO2/c1-7(2)8(3)16-12(15)11-9(13)5-4-6-10(11)14/h4-8H,14H2,1-3H3. The highest BCUT2D eigenvalue weighted by Gasteiger charge is 2.19. The van der Waals surface area contributed by atoms with Crippen LogP contribution in [0.3, 0.4) is 0 Å². The number of nitrogen functional groups attached to an aromatic ring is 1. The monoisotopic (exact) mass is 241 g/mol. The summed E-state index contributed by atoms with van der Waals surface area (Å²) >= 11 is 5.91. The predicted molar refractivity (Wildman–Crippen MR) is 65.6 cm³/mol. The van der Waals surface area contributed by atoms with Gasteiger partial charge in [0.25, 0.3) is 0 Å². The van der Waals surface area contributed by atoms with Crippen LogP contribution in [0.25, 0.3) is 0 Å². The first-order valence-corrected chi connectivity index (χ1v) is 5.56. The number of ether oxygens (including phenoxy) is 1. The summed E-state index contributed by atoms with van der Waals surface area (Å²) in [6, 6.07) is 4.94. The lowest BCUT2D eigenvalue weighted by atomic mass is 10.1. The highest BCUT2D eigenvalue weighted by Crippen LogP contribution is 2.23. The molecule has 0 saturated heterocycles. The molecule has 0 bridgehead atoms. The highest BCUT2D eigenvalue weighted by molar-refractivity contribution is 6.34. The minimum atomic E-state index is -0.468. The number of rotatable bonds is 3. The lowest BCUT2D eigenvalue weighted by molar-refractivity contribution is 0.0239. The van der Waals surface area contributed by atoms with E-state index in [-0.39, 0.29) is 17.6 Å². The van der Waals surface area contributed by atoms with Gasteiger partial charge >= 0.3 is 5.97 Å². The van der Waals surface area contributed by atoms with E-state index in [1.54, 1.807) is 18.2 Å². The second-order valence-electron chi connectivity index (χ2n) is 4.06. The molecule has 1 atom stereocenters. The molecule has 4 heteroatoms. The molecule has 0 fully saturated rings. The van der Waals surface area contributed by atoms with E-state index in [0.717, 1.165) is 0 Å². The fourth-order valence-corrected chi connectivity index (χ4v) is 1.38. The van der Waals surface area contributed by atoms with Crippen LogP contribution in [0.5, 0.6) is 0 Å². The van der Waals surface area contributed by atoms with Gasteiger partial charge in [0.2, 0.25) is 0 Å². The number of anilines is 1. The van der Waals surface area contributed by atoms with E-state index < -0.39 is 5.97 Å². The number of nitrogens with two attached hydrogens (primary N) is 1. The maximum Gasteiger partial charge on any atom is 0.342 e. The Bertz CT molecular complexity index is 370. The van der Waals surface area contributed by atoms with Crippen molar-refractivity contribution in [3.8, 4) is 0 Å². The summed E-state index contributed by atoms with van der Waals surface area (Å²) in [5, 5.41) is 0.320. The number of carbonyl (C=O) groups is 1. The number of hydrogen-bond donors (Lipinski definition) is 1. The van der Waals surface area contributed by atoms with Crippen molar-refractivity contribution in [2.75, 3.05) is 5.73 Å². The van der Waals surface area contributed by atoms with Crippen molar-refractivity contribution < 1.29 is 9.53 Å². The molecule has 0 heterocycles. The summed E-state index contributed by atoms with van der Waals surface area (Å²) in [6.45, 7) is 5.80. The number of carbonyl (C=O) groups excluding carboxylic acids is 1. The minimum absolute atomic E-state index is 0.164. The van der Waals surface area contributed by atoms with Crippen LogP contribution in [0.4, 0.5) is 5.69 Å². The molecule has 1 rings (SSSR count). The molecule has 0 spiro atoms. The van der Waals surface area contributed by atoms with Gasteiger partial charge in [-0.05, 0) is 25.0 Å². The number of benzene rings is 1. The average Bonchev–Trinajstić information content (AvgIpc) is 2.16. The van der Waals surface area contributed by atoms with Crippen molar-refractivity contribution >= 4 is 23.3 Å². The van der Waals surface area contributed by atoms with E-state index in [1.165, 1.54) is 0 Å². The first kappa shape index (κ1) is 12.8. The first-order chi connectivity index (χ1) is 7.43. The quantitative estimate of drug-likeness (QED) is 0.654. The van der Waals surface area contributed by atoms with Crippen LogP contribution in [0.15, 0.2) is 18.2 Å². The van der Waals surface area contributed by atoms with Gasteiger partial charge in [-0.25, -0.2) is 4.79 Å². The second kappa shape index (κ2) is 5.21. The van der Waals surface area contributed by atoms with E-state index in [4.69, 9.17) is 22.1 Å². The predicted octanol–water partition coefficient (Wildman–Crippen LogP) is 3.12. The van der Waals surface area contributed by atoms with Crippen molar-refractivity contribution in [1.29, 1.82) is 0 Å². The van der Waals surface area contributed by atoms with Crippen molar-refractivity contribution in [3.05, 3.63) is 28.8 Å². The zero-order chi connectivity index (χ0) is 12.3. The molecule has 88 valence electrons. The van der Waals surface area contributed by atoms with E-state index in [2.05, 4.69) is 0 Å². The Labute approximate surface area is 101 Å². The topological polar surface area (TPSA) is 52.3 Å². The average molecular weight is 242 g/mol. The fraction of sp³-hybridized carbons (Fsp3) is 0.417. The van der Waals surface area contributed by atoms with Crippen LogP contribution in [0.2, 0.25) is 5.02 Å². The van der Waals surface area contributed by atoms with Gasteiger partial charge in [-0.1, -0.05) is 31.5 Å². The summed E-state index contributed by atoms with van der Waals surface area (Å²) in [4.78, 5) is 11.8. The SMILES string of the molecule is CC(C)C(C)OC(=O)c1c(N)cccc1Cl. The molecule has 0 amide bonds. The number of hydrogen-bond acceptors (Lipinski definition) is 3. The van der Waals surface area contributed by atoms with Gasteiger partial charge in [-0.2, -0.15) is 0 Å². The van der Waals surface area contributed by atoms with E-state index in [0.29, 0.717) is 10.7 Å². The van der Waals surface area contributed by atoms with Gasteiger partial charge in [-0.3, -0.25) is 0 Å². The van der Waals surface area contributed by atoms with Gasteiger partial charge in [0, 0.05) is 5.69 Å². The molecule has 1 aromatic rings. The Morgan fingerprint density at radius 3 is 2.50 bits per heavy atom. The molecule has 1 unspecified atom stereocenters. The fourth-order valence-electron chi connectivity index (χ4n) is 1.12. The van der Waals surface area contributed by atoms with Crippen LogP contribution in [-0.2, 0) is 4.74 Å². The van der Waals surface area contributed by atoms with Crippen LogP contribution >= 0.6 is 11.6 Å². The minimum Gasteiger partial charge on any atom is -0.459 e. The molecule has 0 saturated carbocycles. The Kier molecular flexibility index (Phi) is 4.19. The van der Waals surface area contributed by atoms with Crippen molar-refractivity contribution in [3.63, 3.8) is 0 Å². The van der Waals surface area contributed by atoms with Crippen LogP contribution < -0.4 is 5.73 Å². The first-order valence-electron chi connectivity index (χ1n) is 5.18. The molecule has 2 N–H and O–H groups in total. The van der Waals surface area contributed by atoms with Crippen LogP contribution in [0, 0.1) is 5.92 Å². The molecule has 1 aromatic carbocycles. The molecular formula is C12H16ClNO2. The number of esters is 1. The van der Waals surface area contributed by atoms with Gasteiger partial charge in [0.05, 0.1) is 5.02 Å². The smallest absolute Gasteiger partial charge is 0.342 e.